The first kappa shape index (κ1) is 24.6. The van der Waals surface area contributed by atoms with Crippen molar-refractivity contribution in [3.05, 3.63) is 63.7 Å². The maximum atomic E-state index is 13.8. The first-order chi connectivity index (χ1) is 16.8. The number of aliphatic imine (C=N–C) groups is 1. The monoisotopic (exact) mass is 508 g/mol. The summed E-state index contributed by atoms with van der Waals surface area (Å²) in [4.78, 5) is 34.7. The minimum atomic E-state index is -1.46. The highest BCUT2D eigenvalue weighted by Crippen LogP contribution is 2.37. The number of oxazole rings is 1. The van der Waals surface area contributed by atoms with Gasteiger partial charge in [0.15, 0.2) is 18.5 Å². The molecule has 0 saturated carbocycles. The third-order valence-corrected chi connectivity index (χ3v) is 5.87. The number of benzene rings is 1. The Kier molecular flexibility index (Phi) is 7.34. The molecule has 1 aromatic carbocycles. The first-order valence-corrected chi connectivity index (χ1v) is 10.9. The van der Waals surface area contributed by atoms with Crippen LogP contribution in [0.5, 0.6) is 0 Å². The zero-order valence-corrected chi connectivity index (χ0v) is 19.5. The van der Waals surface area contributed by atoms with Crippen LogP contribution in [0, 0.1) is 12.7 Å². The molecule has 11 nitrogen and oxygen atoms in total. The molecule has 1 fully saturated rings. The highest BCUT2D eigenvalue weighted by Gasteiger charge is 2.36. The minimum Gasteiger partial charge on any atom is -0.466 e. The van der Waals surface area contributed by atoms with Crippen LogP contribution < -0.4 is 5.32 Å². The van der Waals surface area contributed by atoms with Crippen molar-refractivity contribution in [2.24, 2.45) is 4.99 Å². The molecule has 0 unspecified atom stereocenters. The summed E-state index contributed by atoms with van der Waals surface area (Å²) < 4.78 is 34.4. The van der Waals surface area contributed by atoms with Gasteiger partial charge in [-0.2, -0.15) is 0 Å². The van der Waals surface area contributed by atoms with Crippen LogP contribution in [0.1, 0.15) is 23.1 Å². The van der Waals surface area contributed by atoms with Gasteiger partial charge in [-0.05, 0) is 19.1 Å². The molecule has 0 spiro atoms. The summed E-state index contributed by atoms with van der Waals surface area (Å²) in [6, 6.07) is 2.81. The number of carbonyl (C=O) groups is 2. The molecule has 13 heteroatoms. The lowest BCUT2D eigenvalue weighted by Gasteiger charge is -2.36. The van der Waals surface area contributed by atoms with Crippen molar-refractivity contribution in [2.45, 2.75) is 19.2 Å². The Labute approximate surface area is 204 Å². The van der Waals surface area contributed by atoms with Gasteiger partial charge in [-0.25, -0.2) is 19.0 Å². The Hall–Kier alpha value is -3.48. The van der Waals surface area contributed by atoms with E-state index < -0.39 is 30.2 Å². The van der Waals surface area contributed by atoms with Gasteiger partial charge < -0.3 is 29.1 Å². The number of nitrogens with zero attached hydrogens (tertiary/aromatic N) is 3. The van der Waals surface area contributed by atoms with E-state index in [1.54, 1.807) is 11.8 Å². The smallest absolute Gasteiger partial charge is 0.466 e. The summed E-state index contributed by atoms with van der Waals surface area (Å²) in [7, 11) is 1.22. The lowest BCUT2D eigenvalue weighted by Crippen LogP contribution is -2.50. The maximum absolute atomic E-state index is 13.8. The average Bonchev–Trinajstić information content (AvgIpc) is 3.25. The number of morpholine rings is 1. The number of esters is 1. The van der Waals surface area contributed by atoms with Gasteiger partial charge in [0.1, 0.15) is 23.3 Å². The third-order valence-electron chi connectivity index (χ3n) is 5.55. The zero-order valence-electron chi connectivity index (χ0n) is 18.8. The first-order valence-electron chi connectivity index (χ1n) is 10.5. The number of halogens is 2. The summed E-state index contributed by atoms with van der Waals surface area (Å²) >= 11 is 6.35. The summed E-state index contributed by atoms with van der Waals surface area (Å²) in [5, 5.41) is 12.3. The number of ether oxygens (including phenoxy) is 3. The van der Waals surface area contributed by atoms with E-state index in [0.717, 1.165) is 6.07 Å². The SMILES string of the molecule is COC(=O)C1=C(CN2CCOC[C@@H]2OC(=O)O)NC(c2ncoc2C)=N[C@H]1c1ccc(F)cc1Cl. The normalized spacial score (nSPS) is 20.7. The molecule has 2 aliphatic rings. The predicted octanol–water partition coefficient (Wildman–Crippen LogP) is 2.65. The van der Waals surface area contributed by atoms with Crippen LogP contribution in [0.4, 0.5) is 9.18 Å². The lowest BCUT2D eigenvalue weighted by molar-refractivity contribution is -0.136. The number of rotatable bonds is 6. The van der Waals surface area contributed by atoms with Crippen molar-refractivity contribution in [3.63, 3.8) is 0 Å². The molecule has 0 bridgehead atoms. The van der Waals surface area contributed by atoms with Gasteiger partial charge >= 0.3 is 12.1 Å². The van der Waals surface area contributed by atoms with E-state index in [1.807, 2.05) is 0 Å². The standard InChI is InChI=1S/C22H22ClFN4O7/c1-11-18(25-10-34-11)20-26-15(8-28-5-6-33-9-16(28)35-22(30)31)17(21(29)32-2)19(27-20)13-4-3-12(24)7-14(13)23/h3-4,7,10,16,19H,5-6,8-9H2,1-2H3,(H,26,27)(H,30,31)/t16-,19-/m0/s1. The van der Waals surface area contributed by atoms with E-state index in [1.165, 1.54) is 25.6 Å². The largest absolute Gasteiger partial charge is 0.507 e. The van der Waals surface area contributed by atoms with Crippen LogP contribution in [0.3, 0.4) is 0 Å². The summed E-state index contributed by atoms with van der Waals surface area (Å²) in [6.07, 6.45) is -1.11. The van der Waals surface area contributed by atoms with Gasteiger partial charge in [-0.15, -0.1) is 0 Å². The van der Waals surface area contributed by atoms with Crippen LogP contribution in [0.15, 0.2) is 45.3 Å². The summed E-state index contributed by atoms with van der Waals surface area (Å²) in [5.74, 6) is -0.482. The van der Waals surface area contributed by atoms with Gasteiger partial charge in [0.05, 0.1) is 25.9 Å². The molecule has 2 aliphatic heterocycles. The van der Waals surface area contributed by atoms with Crippen molar-refractivity contribution < 1.29 is 37.7 Å². The molecule has 0 amide bonds. The number of methoxy groups -OCH3 is 1. The molecule has 0 radical (unpaired) electrons. The van der Waals surface area contributed by atoms with Crippen molar-refractivity contribution in [1.82, 2.24) is 15.2 Å². The number of aryl methyl sites for hydroxylation is 1. The number of hydrogen-bond donors (Lipinski definition) is 2. The summed E-state index contributed by atoms with van der Waals surface area (Å²) in [5.41, 5.74) is 1.24. The number of amidine groups is 1. The molecule has 2 N–H and O–H groups in total. The number of carboxylic acid groups (broad SMARTS) is 1. The van der Waals surface area contributed by atoms with Gasteiger partial charge in [-0.3, -0.25) is 9.89 Å². The van der Waals surface area contributed by atoms with Crippen LogP contribution in [0.2, 0.25) is 5.02 Å². The number of nitrogens with one attached hydrogen (secondary N) is 1. The highest BCUT2D eigenvalue weighted by atomic mass is 35.5. The minimum absolute atomic E-state index is 0.0176. The fourth-order valence-electron chi connectivity index (χ4n) is 3.90. The van der Waals surface area contributed by atoms with Crippen LogP contribution in [-0.4, -0.2) is 72.6 Å². The molecule has 0 aliphatic carbocycles. The van der Waals surface area contributed by atoms with E-state index in [0.29, 0.717) is 35.9 Å². The van der Waals surface area contributed by atoms with Crippen molar-refractivity contribution >= 4 is 29.6 Å². The molecule has 35 heavy (non-hydrogen) atoms. The second-order valence-electron chi connectivity index (χ2n) is 7.70. The molecular formula is C22H22ClFN4O7. The van der Waals surface area contributed by atoms with E-state index in [9.17, 15) is 14.0 Å². The highest BCUT2D eigenvalue weighted by molar-refractivity contribution is 6.31. The predicted molar refractivity (Wildman–Crippen MR) is 119 cm³/mol. The van der Waals surface area contributed by atoms with Gasteiger partial charge in [0.25, 0.3) is 0 Å². The van der Waals surface area contributed by atoms with Crippen LogP contribution in [-0.2, 0) is 19.0 Å². The maximum Gasteiger partial charge on any atom is 0.507 e. The molecule has 2 aromatic rings. The van der Waals surface area contributed by atoms with Crippen LogP contribution >= 0.6 is 11.6 Å². The second kappa shape index (κ2) is 10.4. The second-order valence-corrected chi connectivity index (χ2v) is 8.10. The summed E-state index contributed by atoms with van der Waals surface area (Å²) in [6.45, 7) is 2.43. The molecule has 1 aromatic heterocycles. The van der Waals surface area contributed by atoms with E-state index in [4.69, 9.17) is 35.3 Å². The molecule has 3 heterocycles. The van der Waals surface area contributed by atoms with Crippen LogP contribution in [0.25, 0.3) is 0 Å². The Bertz CT molecular complexity index is 1200. The van der Waals surface area contributed by atoms with E-state index >= 15 is 0 Å². The number of aromatic nitrogens is 1. The molecule has 1 saturated heterocycles. The average molecular weight is 509 g/mol. The third kappa shape index (κ3) is 5.29. The Balaban J connectivity index is 1.82. The fraction of sp³-hybridized carbons (Fsp3) is 0.364. The van der Waals surface area contributed by atoms with E-state index in [2.05, 4.69) is 15.3 Å². The topological polar surface area (TPSA) is 136 Å². The molecule has 186 valence electrons. The van der Waals surface area contributed by atoms with Crippen molar-refractivity contribution in [3.8, 4) is 0 Å². The zero-order chi connectivity index (χ0) is 25.1. The van der Waals surface area contributed by atoms with Crippen molar-refractivity contribution in [1.29, 1.82) is 0 Å². The molecular weight excluding hydrogens is 487 g/mol. The van der Waals surface area contributed by atoms with Gasteiger partial charge in [0, 0.05) is 29.4 Å². The van der Waals surface area contributed by atoms with Gasteiger partial charge in [-0.1, -0.05) is 17.7 Å². The number of carbonyl (C=O) groups excluding carboxylic acids is 1. The Morgan fingerprint density at radius 1 is 1.40 bits per heavy atom. The molecule has 4 rings (SSSR count). The Morgan fingerprint density at radius 2 is 2.20 bits per heavy atom. The van der Waals surface area contributed by atoms with Gasteiger partial charge in [0.2, 0.25) is 0 Å². The fourth-order valence-corrected chi connectivity index (χ4v) is 4.17. The number of hydrogen-bond acceptors (Lipinski definition) is 10. The molecule has 2 atom stereocenters. The van der Waals surface area contributed by atoms with E-state index in [-0.39, 0.29) is 29.6 Å². The Morgan fingerprint density at radius 3 is 2.86 bits per heavy atom. The quantitative estimate of drug-likeness (QED) is 0.560. The lowest BCUT2D eigenvalue weighted by atomic mass is 9.94. The van der Waals surface area contributed by atoms with Crippen molar-refractivity contribution in [2.75, 3.05) is 33.4 Å².